The monoisotopic (exact) mass is 430 g/mol. The van der Waals surface area contributed by atoms with Gasteiger partial charge in [0.15, 0.2) is 0 Å². The van der Waals surface area contributed by atoms with Gasteiger partial charge in [-0.2, -0.15) is 4.31 Å². The van der Waals surface area contributed by atoms with Crippen LogP contribution in [0.1, 0.15) is 48.7 Å². The molecular weight excluding hydrogens is 408 g/mol. The van der Waals surface area contributed by atoms with Crippen molar-refractivity contribution < 1.29 is 22.8 Å². The van der Waals surface area contributed by atoms with Gasteiger partial charge in [0.05, 0.1) is 27.2 Å². The summed E-state index contributed by atoms with van der Waals surface area (Å²) in [5.41, 5.74) is 1.26. The molecule has 2 aromatic heterocycles. The second-order valence-electron chi connectivity index (χ2n) is 7.54. The maximum Gasteiger partial charge on any atom is 0.257 e. The molecule has 1 amide bonds. The van der Waals surface area contributed by atoms with Crippen molar-refractivity contribution >= 4 is 32.7 Å². The molecule has 0 unspecified atom stereocenters. The zero-order valence-corrected chi connectivity index (χ0v) is 17.4. The van der Waals surface area contributed by atoms with Crippen molar-refractivity contribution in [3.63, 3.8) is 0 Å². The quantitative estimate of drug-likeness (QED) is 0.596. The van der Waals surface area contributed by atoms with E-state index in [1.807, 2.05) is 13.8 Å². The molecule has 4 rings (SSSR count). The molecule has 1 aromatic carbocycles. The van der Waals surface area contributed by atoms with E-state index in [0.717, 1.165) is 12.8 Å². The van der Waals surface area contributed by atoms with E-state index in [-0.39, 0.29) is 27.8 Å². The third-order valence-corrected chi connectivity index (χ3v) is 6.98. The van der Waals surface area contributed by atoms with E-state index in [1.165, 1.54) is 28.7 Å². The standard InChI is InChI=1S/C20H22N4O5S/c1-12(2)18-15-9-13(11-21-20(15)29-23-18)19(26)22-16-10-14(5-6-17(16)25)30(27,28)24-7-3-4-8-24/h5-6,9-12,25H,3-4,7-8H2,1-2H3,(H,22,26). The maximum absolute atomic E-state index is 12.8. The first-order valence-electron chi connectivity index (χ1n) is 9.67. The molecule has 10 heteroatoms. The fourth-order valence-corrected chi connectivity index (χ4v) is 4.98. The van der Waals surface area contributed by atoms with Crippen LogP contribution in [0.3, 0.4) is 0 Å². The first-order chi connectivity index (χ1) is 14.3. The number of anilines is 1. The molecule has 3 aromatic rings. The summed E-state index contributed by atoms with van der Waals surface area (Å²) in [7, 11) is -3.68. The number of hydrogen-bond acceptors (Lipinski definition) is 7. The van der Waals surface area contributed by atoms with Crippen LogP contribution >= 0.6 is 0 Å². The summed E-state index contributed by atoms with van der Waals surface area (Å²) < 4.78 is 32.1. The van der Waals surface area contributed by atoms with Gasteiger partial charge in [0, 0.05) is 19.3 Å². The van der Waals surface area contributed by atoms with Gasteiger partial charge < -0.3 is 14.9 Å². The molecule has 0 bridgehead atoms. The molecule has 1 fully saturated rings. The van der Waals surface area contributed by atoms with Gasteiger partial charge in [-0.3, -0.25) is 4.79 Å². The van der Waals surface area contributed by atoms with Crippen LogP contribution < -0.4 is 5.32 Å². The van der Waals surface area contributed by atoms with E-state index in [1.54, 1.807) is 6.07 Å². The smallest absolute Gasteiger partial charge is 0.257 e. The highest BCUT2D eigenvalue weighted by atomic mass is 32.2. The molecule has 0 radical (unpaired) electrons. The van der Waals surface area contributed by atoms with Crippen LogP contribution in [0.5, 0.6) is 5.75 Å². The van der Waals surface area contributed by atoms with Crippen molar-refractivity contribution in [3.05, 3.63) is 41.7 Å². The predicted octanol–water partition coefficient (Wildman–Crippen LogP) is 3.09. The SMILES string of the molecule is CC(C)c1noc2ncc(C(=O)Nc3cc(S(=O)(=O)N4CCCC4)ccc3O)cc12. The largest absolute Gasteiger partial charge is 0.506 e. The number of carbonyl (C=O) groups excluding carboxylic acids is 1. The summed E-state index contributed by atoms with van der Waals surface area (Å²) >= 11 is 0. The van der Waals surface area contributed by atoms with Gasteiger partial charge in [-0.25, -0.2) is 13.4 Å². The number of aromatic nitrogens is 2. The molecule has 1 saturated heterocycles. The number of hydrogen-bond donors (Lipinski definition) is 2. The Morgan fingerprint density at radius 1 is 1.23 bits per heavy atom. The van der Waals surface area contributed by atoms with Crippen molar-refractivity contribution in [2.45, 2.75) is 37.5 Å². The minimum absolute atomic E-state index is 0.00905. The van der Waals surface area contributed by atoms with E-state index in [9.17, 15) is 18.3 Å². The van der Waals surface area contributed by atoms with Crippen LogP contribution in [0.2, 0.25) is 0 Å². The normalized spacial score (nSPS) is 15.2. The average molecular weight is 430 g/mol. The van der Waals surface area contributed by atoms with Gasteiger partial charge >= 0.3 is 0 Å². The summed E-state index contributed by atoms with van der Waals surface area (Å²) in [6.07, 6.45) is 2.98. The Morgan fingerprint density at radius 2 is 1.97 bits per heavy atom. The molecule has 30 heavy (non-hydrogen) atoms. The first-order valence-corrected chi connectivity index (χ1v) is 11.1. The molecule has 0 saturated carbocycles. The fraction of sp³-hybridized carbons (Fsp3) is 0.350. The number of pyridine rings is 1. The number of nitrogens with zero attached hydrogens (tertiary/aromatic N) is 3. The summed E-state index contributed by atoms with van der Waals surface area (Å²) in [6.45, 7) is 4.84. The number of carbonyl (C=O) groups is 1. The van der Waals surface area contributed by atoms with Crippen LogP contribution in [-0.4, -0.2) is 47.0 Å². The number of sulfonamides is 1. The molecule has 3 heterocycles. The second-order valence-corrected chi connectivity index (χ2v) is 9.48. The van der Waals surface area contributed by atoms with Gasteiger partial charge in [0.25, 0.3) is 11.6 Å². The third kappa shape index (κ3) is 3.63. The summed E-state index contributed by atoms with van der Waals surface area (Å²) in [5, 5.41) is 17.3. The second kappa shape index (κ2) is 7.69. The first kappa shape index (κ1) is 20.3. The minimum Gasteiger partial charge on any atom is -0.506 e. The zero-order valence-electron chi connectivity index (χ0n) is 16.6. The Bertz CT molecular complexity index is 1210. The van der Waals surface area contributed by atoms with Crippen LogP contribution in [0.25, 0.3) is 11.1 Å². The minimum atomic E-state index is -3.68. The van der Waals surface area contributed by atoms with Gasteiger partial charge in [0.1, 0.15) is 5.75 Å². The van der Waals surface area contributed by atoms with Crippen LogP contribution in [0, 0.1) is 0 Å². The van der Waals surface area contributed by atoms with E-state index in [4.69, 9.17) is 4.52 Å². The summed E-state index contributed by atoms with van der Waals surface area (Å²) in [6, 6.07) is 5.48. The Kier molecular flexibility index (Phi) is 5.20. The molecule has 1 aliphatic heterocycles. The number of amides is 1. The Labute approximate surface area is 173 Å². The molecule has 0 spiro atoms. The van der Waals surface area contributed by atoms with Crippen molar-refractivity contribution in [2.24, 2.45) is 0 Å². The lowest BCUT2D eigenvalue weighted by atomic mass is 10.1. The lowest BCUT2D eigenvalue weighted by molar-refractivity contribution is 0.102. The van der Waals surface area contributed by atoms with E-state index < -0.39 is 15.9 Å². The molecule has 2 N–H and O–H groups in total. The number of nitrogens with one attached hydrogen (secondary N) is 1. The highest BCUT2D eigenvalue weighted by Gasteiger charge is 2.28. The topological polar surface area (TPSA) is 126 Å². The van der Waals surface area contributed by atoms with Crippen molar-refractivity contribution in [2.75, 3.05) is 18.4 Å². The van der Waals surface area contributed by atoms with E-state index in [0.29, 0.717) is 29.9 Å². The Morgan fingerprint density at radius 3 is 2.67 bits per heavy atom. The van der Waals surface area contributed by atoms with Gasteiger partial charge in [-0.1, -0.05) is 19.0 Å². The molecule has 0 aliphatic carbocycles. The number of fused-ring (bicyclic) bond motifs is 1. The maximum atomic E-state index is 12.8. The van der Waals surface area contributed by atoms with Gasteiger partial charge in [-0.05, 0) is 43.0 Å². The highest BCUT2D eigenvalue weighted by Crippen LogP contribution is 2.30. The lowest BCUT2D eigenvalue weighted by Gasteiger charge is -2.16. The number of phenols is 1. The lowest BCUT2D eigenvalue weighted by Crippen LogP contribution is -2.28. The van der Waals surface area contributed by atoms with Crippen molar-refractivity contribution in [1.82, 2.24) is 14.4 Å². The average Bonchev–Trinajstić information content (AvgIpc) is 3.39. The molecule has 9 nitrogen and oxygen atoms in total. The van der Waals surface area contributed by atoms with Crippen LogP contribution in [0.15, 0.2) is 39.9 Å². The number of phenolic OH excluding ortho intramolecular Hbond substituents is 1. The van der Waals surface area contributed by atoms with Crippen LogP contribution in [0.4, 0.5) is 5.69 Å². The third-order valence-electron chi connectivity index (χ3n) is 5.09. The number of rotatable bonds is 5. The van der Waals surface area contributed by atoms with Crippen molar-refractivity contribution in [3.8, 4) is 5.75 Å². The molecule has 158 valence electrons. The number of aromatic hydroxyl groups is 1. The molecular formula is C20H22N4O5S. The van der Waals surface area contributed by atoms with Gasteiger partial charge in [-0.15, -0.1) is 0 Å². The van der Waals surface area contributed by atoms with E-state index in [2.05, 4.69) is 15.5 Å². The van der Waals surface area contributed by atoms with Crippen molar-refractivity contribution in [1.29, 1.82) is 0 Å². The highest BCUT2D eigenvalue weighted by molar-refractivity contribution is 7.89. The zero-order chi connectivity index (χ0) is 21.5. The van der Waals surface area contributed by atoms with Gasteiger partial charge in [0.2, 0.25) is 10.0 Å². The Balaban J connectivity index is 1.63. The Hall–Kier alpha value is -2.98. The fourth-order valence-electron chi connectivity index (χ4n) is 3.44. The number of benzene rings is 1. The predicted molar refractivity (Wildman–Crippen MR) is 110 cm³/mol. The van der Waals surface area contributed by atoms with Crippen LogP contribution in [-0.2, 0) is 10.0 Å². The summed E-state index contributed by atoms with van der Waals surface area (Å²) in [5.74, 6) is -0.681. The van der Waals surface area contributed by atoms with E-state index >= 15 is 0 Å². The molecule has 1 aliphatic rings. The molecule has 0 atom stereocenters. The summed E-state index contributed by atoms with van der Waals surface area (Å²) in [4.78, 5) is 16.9.